The first-order valence-corrected chi connectivity index (χ1v) is 11.7. The molecule has 1 aromatic rings. The number of hydrogen-bond donors (Lipinski definition) is 1. The monoisotopic (exact) mass is 395 g/mol. The third kappa shape index (κ3) is 17.3. The molecular weight excluding hydrogens is 350 g/mol. The van der Waals surface area contributed by atoms with E-state index in [0.29, 0.717) is 0 Å². The fourth-order valence-electron chi connectivity index (χ4n) is 3.75. The van der Waals surface area contributed by atoms with Gasteiger partial charge in [-0.2, -0.15) is 0 Å². The molecule has 0 saturated carbocycles. The molecule has 0 aromatic heterocycles. The Hall–Kier alpha value is -0.530. The summed E-state index contributed by atoms with van der Waals surface area (Å²) < 4.78 is 0. The molecule has 1 nitrogen and oxygen atoms in total. The molecule has 1 unspecified atom stereocenters. The van der Waals surface area contributed by atoms with Gasteiger partial charge in [0.05, 0.1) is 20.1 Å². The van der Waals surface area contributed by atoms with Gasteiger partial charge in [-0.05, 0) is 18.4 Å². The molecule has 1 aromatic carbocycles. The lowest BCUT2D eigenvalue weighted by atomic mass is 10.0. The summed E-state index contributed by atoms with van der Waals surface area (Å²) in [6.45, 7) is 4.90. The van der Waals surface area contributed by atoms with E-state index in [1.165, 1.54) is 115 Å². The fourth-order valence-corrected chi connectivity index (χ4v) is 3.75. The van der Waals surface area contributed by atoms with Crippen molar-refractivity contribution in [3.05, 3.63) is 35.9 Å². The van der Waals surface area contributed by atoms with Gasteiger partial charge in [-0.15, -0.1) is 0 Å². The van der Waals surface area contributed by atoms with Gasteiger partial charge in [0.15, 0.2) is 0 Å². The summed E-state index contributed by atoms with van der Waals surface area (Å²) in [5, 5.41) is 0. The molecule has 0 bridgehead atoms. The Bertz CT molecular complexity index is 393. The number of nitrogens with one attached hydrogen (secondary N) is 1. The van der Waals surface area contributed by atoms with Crippen LogP contribution in [-0.4, -0.2) is 20.1 Å². The van der Waals surface area contributed by atoms with Gasteiger partial charge in [0.25, 0.3) is 0 Å². The highest BCUT2D eigenvalue weighted by Crippen LogP contribution is 2.12. The molecule has 1 rings (SSSR count). The highest BCUT2D eigenvalue weighted by Gasteiger charge is 2.02. The van der Waals surface area contributed by atoms with Crippen molar-refractivity contribution >= 4 is 0 Å². The quantitative estimate of drug-likeness (QED) is 0.364. The van der Waals surface area contributed by atoms with Crippen molar-refractivity contribution in [1.29, 1.82) is 0 Å². The van der Waals surface area contributed by atoms with Crippen LogP contribution < -0.4 is 17.3 Å². The normalized spacial score (nSPS) is 11.9. The molecule has 2 heteroatoms. The van der Waals surface area contributed by atoms with Crippen LogP contribution in [0, 0.1) is 0 Å². The Morgan fingerprint density at radius 3 is 1.52 bits per heavy atom. The Kier molecular flexibility index (Phi) is 19.8. The van der Waals surface area contributed by atoms with E-state index < -0.39 is 0 Å². The second-order valence-electron chi connectivity index (χ2n) is 8.29. The van der Waals surface area contributed by atoms with E-state index in [0.717, 1.165) is 0 Å². The van der Waals surface area contributed by atoms with Crippen LogP contribution in [0.3, 0.4) is 0 Å². The van der Waals surface area contributed by atoms with Crippen molar-refractivity contribution in [2.45, 2.75) is 103 Å². The Labute approximate surface area is 176 Å². The molecule has 0 fully saturated rings. The molecule has 1 atom stereocenters. The molecule has 0 aliphatic heterocycles. The molecule has 0 aliphatic carbocycles. The maximum Gasteiger partial charge on any atom is 0.0809 e. The Morgan fingerprint density at radius 1 is 0.593 bits per heavy atom. The highest BCUT2D eigenvalue weighted by molar-refractivity contribution is 5.14. The van der Waals surface area contributed by atoms with E-state index in [9.17, 15) is 0 Å². The van der Waals surface area contributed by atoms with Crippen LogP contribution in [0.5, 0.6) is 0 Å². The van der Waals surface area contributed by atoms with Crippen LogP contribution in [-0.2, 0) is 6.42 Å². The van der Waals surface area contributed by atoms with Gasteiger partial charge in [-0.3, -0.25) is 0 Å². The molecule has 0 saturated heterocycles. The van der Waals surface area contributed by atoms with Crippen molar-refractivity contribution in [3.63, 3.8) is 0 Å². The van der Waals surface area contributed by atoms with Gasteiger partial charge >= 0.3 is 0 Å². The second-order valence-corrected chi connectivity index (χ2v) is 8.29. The van der Waals surface area contributed by atoms with E-state index in [2.05, 4.69) is 44.3 Å². The van der Waals surface area contributed by atoms with Gasteiger partial charge in [-0.25, -0.2) is 0 Å². The molecule has 0 amide bonds. The van der Waals surface area contributed by atoms with Crippen LogP contribution in [0.15, 0.2) is 30.3 Å². The average molecular weight is 396 g/mol. The predicted molar refractivity (Wildman–Crippen MR) is 117 cm³/mol. The van der Waals surface area contributed by atoms with E-state index in [-0.39, 0.29) is 12.4 Å². The van der Waals surface area contributed by atoms with Crippen LogP contribution in [0.2, 0.25) is 0 Å². The van der Waals surface area contributed by atoms with Crippen molar-refractivity contribution in [1.82, 2.24) is 0 Å². The minimum Gasteiger partial charge on any atom is -1.00 e. The maximum absolute atomic E-state index is 2.35. The summed E-state index contributed by atoms with van der Waals surface area (Å²) in [6, 6.07) is 10.9. The summed E-state index contributed by atoms with van der Waals surface area (Å²) in [5.74, 6) is 0. The third-order valence-corrected chi connectivity index (χ3v) is 5.64. The smallest absolute Gasteiger partial charge is 0.0809 e. The molecule has 0 radical (unpaired) electrons. The summed E-state index contributed by atoms with van der Waals surface area (Å²) in [5.41, 5.74) is 1.48. The highest BCUT2D eigenvalue weighted by atomic mass is 35.5. The van der Waals surface area contributed by atoms with E-state index in [1.54, 1.807) is 4.90 Å². The van der Waals surface area contributed by atoms with Gasteiger partial charge in [0.1, 0.15) is 0 Å². The van der Waals surface area contributed by atoms with Gasteiger partial charge in [-0.1, -0.05) is 114 Å². The lowest BCUT2D eigenvalue weighted by Gasteiger charge is -2.13. The lowest BCUT2D eigenvalue weighted by molar-refractivity contribution is -0.879. The second kappa shape index (κ2) is 20.2. The maximum atomic E-state index is 2.35. The summed E-state index contributed by atoms with van der Waals surface area (Å²) in [4.78, 5) is 1.69. The SMILES string of the molecule is CCCCCCCCCCCCCCCC[NH+](C)CCc1ccccc1.[Cl-]. The first kappa shape index (κ1) is 26.5. The van der Waals surface area contributed by atoms with Gasteiger partial charge in [0, 0.05) is 6.42 Å². The molecule has 27 heavy (non-hydrogen) atoms. The minimum atomic E-state index is 0. The Balaban J connectivity index is 0.00000676. The molecule has 0 heterocycles. The number of unbranched alkanes of at least 4 members (excludes halogenated alkanes) is 13. The van der Waals surface area contributed by atoms with Crippen molar-refractivity contribution in [2.24, 2.45) is 0 Å². The number of halogens is 1. The third-order valence-electron chi connectivity index (χ3n) is 5.64. The van der Waals surface area contributed by atoms with Crippen LogP contribution >= 0.6 is 0 Å². The fraction of sp³-hybridized carbons (Fsp3) is 0.760. The molecule has 0 spiro atoms. The first-order valence-electron chi connectivity index (χ1n) is 11.7. The molecular formula is C25H46ClN. The van der Waals surface area contributed by atoms with Crippen LogP contribution in [0.1, 0.15) is 102 Å². The number of hydrogen-bond acceptors (Lipinski definition) is 0. The summed E-state index contributed by atoms with van der Waals surface area (Å²) in [6.07, 6.45) is 21.5. The molecule has 0 aliphatic rings. The van der Waals surface area contributed by atoms with E-state index in [4.69, 9.17) is 0 Å². The summed E-state index contributed by atoms with van der Waals surface area (Å²) >= 11 is 0. The number of benzene rings is 1. The molecule has 1 N–H and O–H groups in total. The topological polar surface area (TPSA) is 4.44 Å². The number of rotatable bonds is 18. The van der Waals surface area contributed by atoms with Crippen LogP contribution in [0.25, 0.3) is 0 Å². The van der Waals surface area contributed by atoms with Crippen LogP contribution in [0.4, 0.5) is 0 Å². The largest absolute Gasteiger partial charge is 1.00 e. The number of quaternary nitrogens is 1. The minimum absolute atomic E-state index is 0. The van der Waals surface area contributed by atoms with Crippen molar-refractivity contribution in [2.75, 3.05) is 20.1 Å². The molecule has 158 valence electrons. The van der Waals surface area contributed by atoms with E-state index in [1.807, 2.05) is 0 Å². The zero-order valence-electron chi connectivity index (χ0n) is 18.3. The zero-order valence-corrected chi connectivity index (χ0v) is 19.0. The lowest BCUT2D eigenvalue weighted by Crippen LogP contribution is -3.09. The van der Waals surface area contributed by atoms with Crippen molar-refractivity contribution in [3.8, 4) is 0 Å². The predicted octanol–water partition coefficient (Wildman–Crippen LogP) is 3.23. The zero-order chi connectivity index (χ0) is 18.7. The average Bonchev–Trinajstić information content (AvgIpc) is 2.67. The van der Waals surface area contributed by atoms with Crippen molar-refractivity contribution < 1.29 is 17.3 Å². The standard InChI is InChI=1S/C25H45N.ClH/c1-3-4-5-6-7-8-9-10-11-12-13-14-15-19-23-26(2)24-22-25-20-17-16-18-21-25;/h16-18,20-21H,3-15,19,22-24H2,1-2H3;1H. The van der Waals surface area contributed by atoms with E-state index >= 15 is 0 Å². The van der Waals surface area contributed by atoms with Gasteiger partial charge in [0.2, 0.25) is 0 Å². The first-order chi connectivity index (χ1) is 12.8. The summed E-state index contributed by atoms with van der Waals surface area (Å²) in [7, 11) is 2.35. The Morgan fingerprint density at radius 2 is 1.04 bits per heavy atom. The van der Waals surface area contributed by atoms with Gasteiger partial charge < -0.3 is 17.3 Å². The number of likely N-dealkylation sites (N-methyl/N-ethyl adjacent to an activating group) is 1.